The zero-order chi connectivity index (χ0) is 13.0. The second-order valence-electron chi connectivity index (χ2n) is 4.38. The van der Waals surface area contributed by atoms with Gasteiger partial charge in [-0.1, -0.05) is 0 Å². The molecular weight excluding hydrogens is 232 g/mol. The van der Waals surface area contributed by atoms with Gasteiger partial charge >= 0.3 is 0 Å². The van der Waals surface area contributed by atoms with Gasteiger partial charge in [0.05, 0.1) is 5.69 Å². The minimum absolute atomic E-state index is 0.00907. The molecule has 0 saturated heterocycles. The molecule has 1 aromatic rings. The molecule has 0 bridgehead atoms. The summed E-state index contributed by atoms with van der Waals surface area (Å²) in [7, 11) is 1.61. The van der Waals surface area contributed by atoms with Crippen LogP contribution in [0.5, 0.6) is 0 Å². The van der Waals surface area contributed by atoms with Crippen LogP contribution in [0.2, 0.25) is 0 Å². The third kappa shape index (κ3) is 2.95. The highest BCUT2D eigenvalue weighted by Crippen LogP contribution is 2.07. The van der Waals surface area contributed by atoms with Gasteiger partial charge in [0.1, 0.15) is 0 Å². The van der Waals surface area contributed by atoms with Crippen LogP contribution in [0.4, 0.5) is 0 Å². The molecule has 0 spiro atoms. The monoisotopic (exact) mass is 250 g/mol. The maximum Gasteiger partial charge on any atom is 0.267 e. The van der Waals surface area contributed by atoms with Crippen LogP contribution >= 0.6 is 0 Å². The number of aryl methyl sites for hydroxylation is 1. The fourth-order valence-electron chi connectivity index (χ4n) is 2.03. The lowest BCUT2D eigenvalue weighted by molar-refractivity contribution is -0.120. The lowest BCUT2D eigenvalue weighted by Gasteiger charge is -2.16. The molecule has 0 atom stereocenters. The van der Waals surface area contributed by atoms with Crippen molar-refractivity contribution in [3.8, 4) is 0 Å². The van der Waals surface area contributed by atoms with E-state index < -0.39 is 0 Å². The molecule has 2 N–H and O–H groups in total. The van der Waals surface area contributed by atoms with Crippen LogP contribution in [0, 0.1) is 0 Å². The van der Waals surface area contributed by atoms with E-state index in [2.05, 4.69) is 15.7 Å². The number of fused-ring (bicyclic) bond motifs is 1. The highest BCUT2D eigenvalue weighted by atomic mass is 16.1. The normalized spacial score (nSPS) is 14.1. The van der Waals surface area contributed by atoms with Gasteiger partial charge in [0.2, 0.25) is 5.91 Å². The number of aromatic nitrogens is 2. The third-order valence-corrected chi connectivity index (χ3v) is 3.07. The van der Waals surface area contributed by atoms with Crippen molar-refractivity contribution in [1.29, 1.82) is 0 Å². The molecule has 6 nitrogen and oxygen atoms in total. The predicted octanol–water partition coefficient (Wildman–Crippen LogP) is -0.585. The van der Waals surface area contributed by atoms with Gasteiger partial charge in [-0.2, -0.15) is 5.10 Å². The summed E-state index contributed by atoms with van der Waals surface area (Å²) in [6.07, 6.45) is 1.90. The van der Waals surface area contributed by atoms with Gasteiger partial charge in [-0.05, 0) is 12.0 Å². The Morgan fingerprint density at radius 2 is 2.44 bits per heavy atom. The number of nitrogens with zero attached hydrogens (tertiary/aromatic N) is 2. The summed E-state index contributed by atoms with van der Waals surface area (Å²) in [6.45, 7) is 2.11. The Labute approximate surface area is 105 Å². The first kappa shape index (κ1) is 12.8. The highest BCUT2D eigenvalue weighted by molar-refractivity contribution is 5.75. The van der Waals surface area contributed by atoms with E-state index in [-0.39, 0.29) is 11.5 Å². The SMILES string of the molecule is CNC(=O)CCCn1nc2c(cc1=O)CNCC2. The molecule has 2 heterocycles. The Kier molecular flexibility index (Phi) is 4.09. The fourth-order valence-corrected chi connectivity index (χ4v) is 2.03. The number of nitrogens with one attached hydrogen (secondary N) is 2. The molecule has 1 amide bonds. The van der Waals surface area contributed by atoms with Crippen LogP contribution in [-0.2, 0) is 24.3 Å². The molecule has 0 aliphatic carbocycles. The molecule has 1 aliphatic heterocycles. The topological polar surface area (TPSA) is 76.0 Å². The molecule has 18 heavy (non-hydrogen) atoms. The minimum atomic E-state index is -0.0886. The van der Waals surface area contributed by atoms with Gasteiger partial charge in [0, 0.05) is 45.6 Å². The molecule has 6 heteroatoms. The predicted molar refractivity (Wildman–Crippen MR) is 67.2 cm³/mol. The number of amides is 1. The van der Waals surface area contributed by atoms with Gasteiger partial charge in [-0.25, -0.2) is 4.68 Å². The first-order chi connectivity index (χ1) is 8.70. The maximum absolute atomic E-state index is 11.8. The van der Waals surface area contributed by atoms with Crippen molar-refractivity contribution in [3.63, 3.8) is 0 Å². The van der Waals surface area contributed by atoms with E-state index in [4.69, 9.17) is 0 Å². The summed E-state index contributed by atoms with van der Waals surface area (Å²) >= 11 is 0. The van der Waals surface area contributed by atoms with E-state index in [0.29, 0.717) is 19.4 Å². The van der Waals surface area contributed by atoms with E-state index in [1.807, 2.05) is 0 Å². The summed E-state index contributed by atoms with van der Waals surface area (Å²) in [4.78, 5) is 22.9. The van der Waals surface area contributed by atoms with Crippen molar-refractivity contribution in [2.24, 2.45) is 0 Å². The molecule has 2 rings (SSSR count). The minimum Gasteiger partial charge on any atom is -0.359 e. The van der Waals surface area contributed by atoms with Crippen LogP contribution < -0.4 is 16.2 Å². The van der Waals surface area contributed by atoms with Gasteiger partial charge in [0.15, 0.2) is 0 Å². The van der Waals surface area contributed by atoms with Gasteiger partial charge in [0.25, 0.3) is 5.56 Å². The first-order valence-electron chi connectivity index (χ1n) is 6.22. The summed E-state index contributed by atoms with van der Waals surface area (Å²) in [6, 6.07) is 1.65. The van der Waals surface area contributed by atoms with Crippen LogP contribution in [0.15, 0.2) is 10.9 Å². The Balaban J connectivity index is 2.04. The number of hydrogen-bond donors (Lipinski definition) is 2. The molecule has 0 saturated carbocycles. The van der Waals surface area contributed by atoms with E-state index in [9.17, 15) is 9.59 Å². The molecule has 98 valence electrons. The lowest BCUT2D eigenvalue weighted by atomic mass is 10.1. The standard InChI is InChI=1S/C12H18N4O2/c1-13-11(17)3-2-6-16-12(18)7-9-8-14-5-4-10(9)15-16/h7,14H,2-6,8H2,1H3,(H,13,17). The van der Waals surface area contributed by atoms with Gasteiger partial charge in [-0.3, -0.25) is 9.59 Å². The van der Waals surface area contributed by atoms with E-state index in [1.54, 1.807) is 13.1 Å². The zero-order valence-electron chi connectivity index (χ0n) is 10.5. The molecule has 0 radical (unpaired) electrons. The lowest BCUT2D eigenvalue weighted by Crippen LogP contribution is -2.32. The van der Waals surface area contributed by atoms with Crippen molar-refractivity contribution in [1.82, 2.24) is 20.4 Å². The Morgan fingerprint density at radius 1 is 1.61 bits per heavy atom. The van der Waals surface area contributed by atoms with Crippen LogP contribution in [-0.4, -0.2) is 29.3 Å². The van der Waals surface area contributed by atoms with E-state index >= 15 is 0 Å². The average Bonchev–Trinajstić information content (AvgIpc) is 2.39. The number of carbonyl (C=O) groups excluding carboxylic acids is 1. The van der Waals surface area contributed by atoms with Crippen LogP contribution in [0.25, 0.3) is 0 Å². The molecule has 1 aliphatic rings. The fraction of sp³-hybridized carbons (Fsp3) is 0.583. The highest BCUT2D eigenvalue weighted by Gasteiger charge is 2.12. The Morgan fingerprint density at radius 3 is 3.22 bits per heavy atom. The number of rotatable bonds is 4. The van der Waals surface area contributed by atoms with Crippen molar-refractivity contribution >= 4 is 5.91 Å². The van der Waals surface area contributed by atoms with Crippen molar-refractivity contribution in [2.75, 3.05) is 13.6 Å². The second-order valence-corrected chi connectivity index (χ2v) is 4.38. The molecule has 1 aromatic heterocycles. The van der Waals surface area contributed by atoms with E-state index in [0.717, 1.165) is 30.8 Å². The first-order valence-corrected chi connectivity index (χ1v) is 6.22. The van der Waals surface area contributed by atoms with Crippen molar-refractivity contribution in [2.45, 2.75) is 32.4 Å². The Hall–Kier alpha value is -1.69. The van der Waals surface area contributed by atoms with Crippen LogP contribution in [0.1, 0.15) is 24.1 Å². The quantitative estimate of drug-likeness (QED) is 0.749. The smallest absolute Gasteiger partial charge is 0.267 e. The van der Waals surface area contributed by atoms with Crippen molar-refractivity contribution in [3.05, 3.63) is 27.7 Å². The van der Waals surface area contributed by atoms with Gasteiger partial charge in [-0.15, -0.1) is 0 Å². The third-order valence-electron chi connectivity index (χ3n) is 3.07. The molecule has 0 unspecified atom stereocenters. The zero-order valence-corrected chi connectivity index (χ0v) is 10.5. The van der Waals surface area contributed by atoms with Crippen molar-refractivity contribution < 1.29 is 4.79 Å². The summed E-state index contributed by atoms with van der Waals surface area (Å²) in [5.41, 5.74) is 1.90. The summed E-state index contributed by atoms with van der Waals surface area (Å²) in [5.74, 6) is -0.00907. The van der Waals surface area contributed by atoms with Crippen LogP contribution in [0.3, 0.4) is 0 Å². The molecular formula is C12H18N4O2. The average molecular weight is 250 g/mol. The summed E-state index contributed by atoms with van der Waals surface area (Å²) in [5, 5.41) is 10.1. The number of hydrogen-bond acceptors (Lipinski definition) is 4. The molecule has 0 aromatic carbocycles. The largest absolute Gasteiger partial charge is 0.359 e. The number of carbonyl (C=O) groups is 1. The van der Waals surface area contributed by atoms with Gasteiger partial charge < -0.3 is 10.6 Å². The second kappa shape index (κ2) is 5.77. The molecule has 0 fully saturated rings. The Bertz CT molecular complexity index is 495. The summed E-state index contributed by atoms with van der Waals surface area (Å²) < 4.78 is 1.47. The maximum atomic E-state index is 11.8. The van der Waals surface area contributed by atoms with E-state index in [1.165, 1.54) is 4.68 Å².